The van der Waals surface area contributed by atoms with Crippen LogP contribution in [-0.4, -0.2) is 34.0 Å². The van der Waals surface area contributed by atoms with Crippen LogP contribution in [0.15, 0.2) is 23.3 Å². The van der Waals surface area contributed by atoms with Crippen LogP contribution in [0.4, 0.5) is 0 Å². The highest BCUT2D eigenvalue weighted by Gasteiger charge is 2.31. The van der Waals surface area contributed by atoms with Gasteiger partial charge in [0, 0.05) is 13.6 Å². The average Bonchev–Trinajstić information content (AvgIpc) is 2.75. The number of nitrogens with zero attached hydrogens (tertiary/aromatic N) is 3. The Hall–Kier alpha value is -2.17. The number of likely N-dealkylation sites (tertiary alicyclic amines) is 1. The standard InChI is InChI=1S/C15H17N3O2/c1-9-4-5-11-13(10(9)2)16-8-18(14(11)19)12-6-7-17(3)15(12)20/h4-5,8,12H,6-7H2,1-3H3. The number of carbonyl (C=O) groups excluding carboxylic acids is 1. The number of benzene rings is 1. The van der Waals surface area contributed by atoms with Crippen molar-refractivity contribution < 1.29 is 4.79 Å². The number of hydrogen-bond acceptors (Lipinski definition) is 3. The minimum absolute atomic E-state index is 0.0166. The van der Waals surface area contributed by atoms with Crippen LogP contribution >= 0.6 is 0 Å². The average molecular weight is 271 g/mol. The maximum atomic E-state index is 12.6. The van der Waals surface area contributed by atoms with E-state index < -0.39 is 6.04 Å². The fourth-order valence-corrected chi connectivity index (χ4v) is 2.74. The van der Waals surface area contributed by atoms with Crippen molar-refractivity contribution >= 4 is 16.8 Å². The lowest BCUT2D eigenvalue weighted by molar-refractivity contribution is -0.129. The second-order valence-electron chi connectivity index (χ2n) is 5.42. The van der Waals surface area contributed by atoms with E-state index in [0.29, 0.717) is 18.4 Å². The number of fused-ring (bicyclic) bond motifs is 1. The Kier molecular flexibility index (Phi) is 2.85. The first kappa shape index (κ1) is 12.8. The Labute approximate surface area is 116 Å². The van der Waals surface area contributed by atoms with Gasteiger partial charge in [-0.2, -0.15) is 0 Å². The summed E-state index contributed by atoms with van der Waals surface area (Å²) in [7, 11) is 1.76. The van der Waals surface area contributed by atoms with Gasteiger partial charge in [0.15, 0.2) is 0 Å². The van der Waals surface area contributed by atoms with Gasteiger partial charge >= 0.3 is 0 Å². The zero-order valence-electron chi connectivity index (χ0n) is 11.9. The van der Waals surface area contributed by atoms with Crippen molar-refractivity contribution in [2.24, 2.45) is 0 Å². The van der Waals surface area contributed by atoms with Gasteiger partial charge in [0.05, 0.1) is 17.2 Å². The number of aryl methyl sites for hydroxylation is 2. The van der Waals surface area contributed by atoms with E-state index in [2.05, 4.69) is 4.98 Å². The maximum absolute atomic E-state index is 12.6. The van der Waals surface area contributed by atoms with Gasteiger partial charge in [-0.05, 0) is 37.5 Å². The SMILES string of the molecule is Cc1ccc2c(=O)n(C3CCN(C)C3=O)cnc2c1C. The summed E-state index contributed by atoms with van der Waals surface area (Å²) >= 11 is 0. The van der Waals surface area contributed by atoms with E-state index in [9.17, 15) is 9.59 Å². The second kappa shape index (κ2) is 4.44. The molecular formula is C15H17N3O2. The summed E-state index contributed by atoms with van der Waals surface area (Å²) in [5.41, 5.74) is 2.72. The molecule has 1 atom stereocenters. The molecule has 1 saturated heterocycles. The van der Waals surface area contributed by atoms with Crippen LogP contribution in [0.1, 0.15) is 23.6 Å². The molecule has 104 valence electrons. The molecule has 1 amide bonds. The number of hydrogen-bond donors (Lipinski definition) is 0. The molecule has 3 rings (SSSR count). The van der Waals surface area contributed by atoms with Crippen LogP contribution < -0.4 is 5.56 Å². The number of rotatable bonds is 1. The van der Waals surface area contributed by atoms with Crippen LogP contribution in [0, 0.1) is 13.8 Å². The zero-order chi connectivity index (χ0) is 14.4. The molecule has 1 aliphatic heterocycles. The molecule has 1 aliphatic rings. The van der Waals surface area contributed by atoms with E-state index in [-0.39, 0.29) is 11.5 Å². The third-order valence-electron chi connectivity index (χ3n) is 4.21. The lowest BCUT2D eigenvalue weighted by Gasteiger charge is -2.14. The third-order valence-corrected chi connectivity index (χ3v) is 4.21. The fourth-order valence-electron chi connectivity index (χ4n) is 2.74. The second-order valence-corrected chi connectivity index (χ2v) is 5.42. The molecule has 20 heavy (non-hydrogen) atoms. The Morgan fingerprint density at radius 1 is 1.25 bits per heavy atom. The van der Waals surface area contributed by atoms with Gasteiger partial charge in [0.25, 0.3) is 5.56 Å². The molecule has 0 N–H and O–H groups in total. The van der Waals surface area contributed by atoms with Crippen molar-refractivity contribution in [1.82, 2.24) is 14.5 Å². The molecule has 5 heteroatoms. The van der Waals surface area contributed by atoms with Crippen molar-refractivity contribution in [2.75, 3.05) is 13.6 Å². The molecule has 2 heterocycles. The largest absolute Gasteiger partial charge is 0.344 e. The van der Waals surface area contributed by atoms with Crippen LogP contribution in [0.5, 0.6) is 0 Å². The van der Waals surface area contributed by atoms with Gasteiger partial charge < -0.3 is 4.90 Å². The quantitative estimate of drug-likeness (QED) is 0.788. The predicted molar refractivity (Wildman–Crippen MR) is 76.8 cm³/mol. The Morgan fingerprint density at radius 2 is 2.00 bits per heavy atom. The molecule has 1 aromatic carbocycles. The zero-order valence-corrected chi connectivity index (χ0v) is 11.9. The highest BCUT2D eigenvalue weighted by Crippen LogP contribution is 2.22. The summed E-state index contributed by atoms with van der Waals surface area (Å²) in [6.07, 6.45) is 2.17. The Bertz CT molecular complexity index is 764. The van der Waals surface area contributed by atoms with E-state index in [4.69, 9.17) is 0 Å². The number of carbonyl (C=O) groups is 1. The summed E-state index contributed by atoms with van der Waals surface area (Å²) in [5.74, 6) is -0.0166. The highest BCUT2D eigenvalue weighted by atomic mass is 16.2. The van der Waals surface area contributed by atoms with Crippen molar-refractivity contribution in [3.63, 3.8) is 0 Å². The smallest absolute Gasteiger partial charge is 0.261 e. The lowest BCUT2D eigenvalue weighted by atomic mass is 10.1. The van der Waals surface area contributed by atoms with Crippen LogP contribution in [0.25, 0.3) is 10.9 Å². The van der Waals surface area contributed by atoms with Crippen molar-refractivity contribution in [3.05, 3.63) is 39.9 Å². The number of amides is 1. The van der Waals surface area contributed by atoms with Crippen molar-refractivity contribution in [1.29, 1.82) is 0 Å². The summed E-state index contributed by atoms with van der Waals surface area (Å²) in [6.45, 7) is 4.64. The highest BCUT2D eigenvalue weighted by molar-refractivity contribution is 5.84. The fraction of sp³-hybridized carbons (Fsp3) is 0.400. The predicted octanol–water partition coefficient (Wildman–Crippen LogP) is 1.42. The molecule has 0 spiro atoms. The van der Waals surface area contributed by atoms with E-state index in [1.54, 1.807) is 18.0 Å². The summed E-state index contributed by atoms with van der Waals surface area (Å²) in [4.78, 5) is 30.7. The van der Waals surface area contributed by atoms with Gasteiger partial charge in [-0.25, -0.2) is 4.98 Å². The molecule has 0 bridgehead atoms. The van der Waals surface area contributed by atoms with E-state index in [1.165, 1.54) is 10.9 Å². The third kappa shape index (κ3) is 1.73. The number of likely N-dealkylation sites (N-methyl/N-ethyl adjacent to an activating group) is 1. The van der Waals surface area contributed by atoms with Gasteiger partial charge in [-0.3, -0.25) is 14.2 Å². The van der Waals surface area contributed by atoms with Crippen molar-refractivity contribution in [3.8, 4) is 0 Å². The topological polar surface area (TPSA) is 55.2 Å². The van der Waals surface area contributed by atoms with Crippen molar-refractivity contribution in [2.45, 2.75) is 26.3 Å². The van der Waals surface area contributed by atoms with E-state index in [0.717, 1.165) is 16.6 Å². The Morgan fingerprint density at radius 3 is 2.65 bits per heavy atom. The monoisotopic (exact) mass is 271 g/mol. The first-order valence-electron chi connectivity index (χ1n) is 6.72. The molecule has 2 aromatic rings. The van der Waals surface area contributed by atoms with Crippen LogP contribution in [-0.2, 0) is 4.79 Å². The van der Waals surface area contributed by atoms with Gasteiger partial charge in [-0.15, -0.1) is 0 Å². The lowest BCUT2D eigenvalue weighted by Crippen LogP contribution is -2.31. The molecule has 1 unspecified atom stereocenters. The van der Waals surface area contributed by atoms with E-state index >= 15 is 0 Å². The first-order valence-corrected chi connectivity index (χ1v) is 6.72. The van der Waals surface area contributed by atoms with Crippen LogP contribution in [0.3, 0.4) is 0 Å². The molecule has 0 aliphatic carbocycles. The molecule has 1 fully saturated rings. The molecule has 5 nitrogen and oxygen atoms in total. The van der Waals surface area contributed by atoms with Gasteiger partial charge in [-0.1, -0.05) is 6.07 Å². The normalized spacial score (nSPS) is 19.1. The van der Waals surface area contributed by atoms with Crippen LogP contribution in [0.2, 0.25) is 0 Å². The van der Waals surface area contributed by atoms with E-state index in [1.807, 2.05) is 19.9 Å². The van der Waals surface area contributed by atoms with Gasteiger partial charge in [0.2, 0.25) is 5.91 Å². The molecule has 1 aromatic heterocycles. The molecular weight excluding hydrogens is 254 g/mol. The summed E-state index contributed by atoms with van der Waals surface area (Å²) < 4.78 is 1.48. The minimum Gasteiger partial charge on any atom is -0.344 e. The summed E-state index contributed by atoms with van der Waals surface area (Å²) in [5, 5.41) is 0.581. The Balaban J connectivity index is 2.20. The molecule has 0 radical (unpaired) electrons. The van der Waals surface area contributed by atoms with Gasteiger partial charge in [0.1, 0.15) is 6.04 Å². The first-order chi connectivity index (χ1) is 9.50. The number of aromatic nitrogens is 2. The minimum atomic E-state index is -0.411. The molecule has 0 saturated carbocycles. The summed E-state index contributed by atoms with van der Waals surface area (Å²) in [6, 6.07) is 3.31. The maximum Gasteiger partial charge on any atom is 0.261 e.